The van der Waals surface area contributed by atoms with Crippen LogP contribution in [-0.4, -0.2) is 29.3 Å². The van der Waals surface area contributed by atoms with Crippen molar-refractivity contribution < 1.29 is 15.0 Å². The summed E-state index contributed by atoms with van der Waals surface area (Å²) in [6.45, 7) is 5.49. The van der Waals surface area contributed by atoms with Gasteiger partial charge < -0.3 is 15.5 Å². The van der Waals surface area contributed by atoms with Gasteiger partial charge in [0.1, 0.15) is 0 Å². The normalized spacial score (nSPS) is 11.8. The van der Waals surface area contributed by atoms with E-state index in [0.29, 0.717) is 23.0 Å². The van der Waals surface area contributed by atoms with Crippen molar-refractivity contribution in [3.8, 4) is 11.1 Å². The maximum absolute atomic E-state index is 11.4. The van der Waals surface area contributed by atoms with Crippen LogP contribution in [0, 0.1) is 5.92 Å². The second-order valence-corrected chi connectivity index (χ2v) is 8.93. The Morgan fingerprint density at radius 3 is 2.39 bits per heavy atom. The van der Waals surface area contributed by atoms with E-state index in [1.807, 2.05) is 18.2 Å². The molecule has 0 radical (unpaired) electrons. The fourth-order valence-electron chi connectivity index (χ4n) is 3.77. The molecule has 3 N–H and O–H groups in total. The van der Waals surface area contributed by atoms with Crippen LogP contribution in [0.1, 0.15) is 47.0 Å². The lowest BCUT2D eigenvalue weighted by Crippen LogP contribution is -2.23. The van der Waals surface area contributed by atoms with E-state index < -0.39 is 12.1 Å². The van der Waals surface area contributed by atoms with Gasteiger partial charge >= 0.3 is 5.97 Å². The van der Waals surface area contributed by atoms with Crippen molar-refractivity contribution in [1.29, 1.82) is 0 Å². The number of hydrogen-bond acceptors (Lipinski definition) is 3. The van der Waals surface area contributed by atoms with Crippen molar-refractivity contribution >= 4 is 30.0 Å². The Hall–Kier alpha value is -2.37. The summed E-state index contributed by atoms with van der Waals surface area (Å²) in [6, 6.07) is 21.1. The number of carboxylic acids is 1. The van der Waals surface area contributed by atoms with Crippen LogP contribution in [0.25, 0.3) is 11.1 Å². The minimum Gasteiger partial charge on any atom is -0.478 e. The molecule has 33 heavy (non-hydrogen) atoms. The van der Waals surface area contributed by atoms with E-state index in [0.717, 1.165) is 41.6 Å². The largest absolute Gasteiger partial charge is 0.478 e. The van der Waals surface area contributed by atoms with Gasteiger partial charge in [0.05, 0.1) is 11.7 Å². The van der Waals surface area contributed by atoms with Gasteiger partial charge in [-0.25, -0.2) is 4.79 Å². The number of carboxylic acid groups (broad SMARTS) is 1. The molecule has 3 aromatic carbocycles. The first-order chi connectivity index (χ1) is 15.3. The van der Waals surface area contributed by atoms with E-state index >= 15 is 0 Å². The van der Waals surface area contributed by atoms with Crippen LogP contribution in [0.15, 0.2) is 66.7 Å². The third kappa shape index (κ3) is 7.86. The molecule has 3 aromatic rings. The van der Waals surface area contributed by atoms with Crippen molar-refractivity contribution in [1.82, 2.24) is 5.32 Å². The summed E-state index contributed by atoms with van der Waals surface area (Å²) in [7, 11) is 0. The van der Waals surface area contributed by atoms with Gasteiger partial charge in [0.25, 0.3) is 0 Å². The van der Waals surface area contributed by atoms with Crippen LogP contribution in [-0.2, 0) is 12.8 Å². The zero-order chi connectivity index (χ0) is 23.1. The van der Waals surface area contributed by atoms with Gasteiger partial charge in [-0.1, -0.05) is 67.9 Å². The highest BCUT2D eigenvalue weighted by Gasteiger charge is 2.12. The van der Waals surface area contributed by atoms with Gasteiger partial charge in [-0.05, 0) is 77.4 Å². The van der Waals surface area contributed by atoms with Crippen molar-refractivity contribution in [2.75, 3.05) is 13.1 Å². The highest BCUT2D eigenvalue weighted by Crippen LogP contribution is 2.27. The molecule has 0 saturated carbocycles. The first kappa shape index (κ1) is 26.9. The van der Waals surface area contributed by atoms with Crippen LogP contribution >= 0.6 is 24.0 Å². The smallest absolute Gasteiger partial charge is 0.335 e. The van der Waals surface area contributed by atoms with Crippen LogP contribution in [0.5, 0.6) is 0 Å². The molecule has 0 spiro atoms. The first-order valence-corrected chi connectivity index (χ1v) is 11.3. The van der Waals surface area contributed by atoms with Gasteiger partial charge in [0, 0.05) is 11.6 Å². The van der Waals surface area contributed by atoms with Gasteiger partial charge in [-0.15, -0.1) is 12.4 Å². The van der Waals surface area contributed by atoms with Crippen LogP contribution in [0.3, 0.4) is 0 Å². The molecule has 0 unspecified atom stereocenters. The molecule has 0 aliphatic rings. The molecule has 1 atom stereocenters. The third-order valence-corrected chi connectivity index (χ3v) is 5.64. The first-order valence-electron chi connectivity index (χ1n) is 10.9. The lowest BCUT2D eigenvalue weighted by atomic mass is 9.91. The molecule has 0 aliphatic heterocycles. The number of halogens is 2. The van der Waals surface area contributed by atoms with Crippen molar-refractivity contribution in [2.24, 2.45) is 5.92 Å². The fourth-order valence-corrected chi connectivity index (χ4v) is 3.97. The zero-order valence-corrected chi connectivity index (χ0v) is 20.5. The molecule has 0 bridgehead atoms. The van der Waals surface area contributed by atoms with E-state index in [1.54, 1.807) is 24.3 Å². The number of rotatable bonds is 10. The van der Waals surface area contributed by atoms with Gasteiger partial charge in [-0.3, -0.25) is 0 Å². The molecule has 4 nitrogen and oxygen atoms in total. The summed E-state index contributed by atoms with van der Waals surface area (Å²) >= 11 is 5.99. The number of benzene rings is 3. The van der Waals surface area contributed by atoms with Gasteiger partial charge in [-0.2, -0.15) is 0 Å². The fraction of sp³-hybridized carbons (Fsp3) is 0.296. The van der Waals surface area contributed by atoms with Crippen LogP contribution < -0.4 is 5.32 Å². The Bertz CT molecular complexity index is 1050. The van der Waals surface area contributed by atoms with Crippen molar-refractivity contribution in [2.45, 2.75) is 32.8 Å². The number of aliphatic hydroxyl groups excluding tert-OH is 1. The minimum atomic E-state index is -0.898. The average molecular weight is 488 g/mol. The summed E-state index contributed by atoms with van der Waals surface area (Å²) in [5.74, 6) is -0.463. The van der Waals surface area contributed by atoms with E-state index in [4.69, 9.17) is 11.6 Å². The molecule has 176 valence electrons. The van der Waals surface area contributed by atoms with E-state index in [-0.39, 0.29) is 12.4 Å². The maximum Gasteiger partial charge on any atom is 0.335 e. The standard InChI is InChI=1S/C27H30ClNO3.ClH/c1-18(2)14-23-15-22(27(31)32)10-11-25(23)20-8-6-19(7-9-20)12-13-29-17-26(30)21-4-3-5-24(28)16-21;/h3-11,15-16,18,26,29-30H,12-14,17H2,1-2H3,(H,31,32);1H/t26-;/m1./s1. The molecule has 0 fully saturated rings. The van der Waals surface area contributed by atoms with Crippen molar-refractivity contribution in [3.63, 3.8) is 0 Å². The second-order valence-electron chi connectivity index (χ2n) is 8.50. The number of hydrogen-bond donors (Lipinski definition) is 3. The highest BCUT2D eigenvalue weighted by molar-refractivity contribution is 6.30. The molecule has 0 aromatic heterocycles. The summed E-state index contributed by atoms with van der Waals surface area (Å²) in [4.78, 5) is 11.4. The molecule has 0 heterocycles. The Kier molecular flexibility index (Phi) is 10.4. The molecular weight excluding hydrogens is 457 g/mol. The topological polar surface area (TPSA) is 69.6 Å². The molecule has 0 amide bonds. The van der Waals surface area contributed by atoms with E-state index in [2.05, 4.69) is 43.4 Å². The predicted molar refractivity (Wildman–Crippen MR) is 138 cm³/mol. The quantitative estimate of drug-likeness (QED) is 0.298. The Morgan fingerprint density at radius 2 is 1.76 bits per heavy atom. The maximum atomic E-state index is 11.4. The summed E-state index contributed by atoms with van der Waals surface area (Å²) in [5, 5.41) is 23.5. The Morgan fingerprint density at radius 1 is 1.03 bits per heavy atom. The molecule has 3 rings (SSSR count). The van der Waals surface area contributed by atoms with Crippen molar-refractivity contribution in [3.05, 3.63) is 94.0 Å². The lowest BCUT2D eigenvalue weighted by molar-refractivity contribution is 0.0696. The van der Waals surface area contributed by atoms with E-state index in [1.165, 1.54) is 5.56 Å². The zero-order valence-electron chi connectivity index (χ0n) is 18.9. The lowest BCUT2D eigenvalue weighted by Gasteiger charge is -2.14. The van der Waals surface area contributed by atoms with Crippen LogP contribution in [0.2, 0.25) is 5.02 Å². The van der Waals surface area contributed by atoms with Gasteiger partial charge in [0.15, 0.2) is 0 Å². The SMILES string of the molecule is CC(C)Cc1cc(C(=O)O)ccc1-c1ccc(CCNC[C@@H](O)c2cccc(Cl)c2)cc1.Cl. The Balaban J connectivity index is 0.00000385. The molecule has 0 saturated heterocycles. The number of carbonyl (C=O) groups is 1. The second kappa shape index (κ2) is 12.8. The number of aromatic carboxylic acids is 1. The third-order valence-electron chi connectivity index (χ3n) is 5.41. The minimum absolute atomic E-state index is 0. The molecule has 6 heteroatoms. The number of nitrogens with one attached hydrogen (secondary N) is 1. The molecule has 0 aliphatic carbocycles. The van der Waals surface area contributed by atoms with Crippen LogP contribution in [0.4, 0.5) is 0 Å². The van der Waals surface area contributed by atoms with E-state index in [9.17, 15) is 15.0 Å². The summed E-state index contributed by atoms with van der Waals surface area (Å²) in [6.07, 6.45) is 1.08. The predicted octanol–water partition coefficient (Wildman–Crippen LogP) is 6.19. The Labute approximate surface area is 207 Å². The highest BCUT2D eigenvalue weighted by atomic mass is 35.5. The summed E-state index contributed by atoms with van der Waals surface area (Å²) < 4.78 is 0. The summed E-state index contributed by atoms with van der Waals surface area (Å²) in [5.41, 5.74) is 5.56. The number of aliphatic hydroxyl groups is 1. The monoisotopic (exact) mass is 487 g/mol. The molecular formula is C27H31Cl2NO3. The van der Waals surface area contributed by atoms with Gasteiger partial charge in [0.2, 0.25) is 0 Å². The average Bonchev–Trinajstić information content (AvgIpc) is 2.76.